The number of nitrogens with zero attached hydrogens (tertiary/aromatic N) is 3. The van der Waals surface area contributed by atoms with Gasteiger partial charge in [0.15, 0.2) is 16.7 Å². The van der Waals surface area contributed by atoms with Gasteiger partial charge in [0, 0.05) is 11.8 Å². The van der Waals surface area contributed by atoms with E-state index >= 15 is 0 Å². The number of hydrogen-bond donors (Lipinski definition) is 1. The van der Waals surface area contributed by atoms with E-state index in [-0.39, 0.29) is 30.6 Å². The molecule has 0 aliphatic carbocycles. The number of amides is 1. The molecule has 1 aliphatic heterocycles. The van der Waals surface area contributed by atoms with Gasteiger partial charge in [0.05, 0.1) is 41.1 Å². The van der Waals surface area contributed by atoms with Crippen molar-refractivity contribution in [3.63, 3.8) is 0 Å². The lowest BCUT2D eigenvalue weighted by molar-refractivity contribution is -0.113. The van der Waals surface area contributed by atoms with Crippen molar-refractivity contribution < 1.29 is 18.7 Å². The van der Waals surface area contributed by atoms with Gasteiger partial charge in [0.25, 0.3) is 5.56 Å². The molecular formula is C23H16N4O5S. The highest BCUT2D eigenvalue weighted by Gasteiger charge is 2.20. The molecule has 5 rings (SSSR count). The van der Waals surface area contributed by atoms with E-state index in [0.717, 1.165) is 11.8 Å². The lowest BCUT2D eigenvalue weighted by Crippen LogP contribution is -2.24. The van der Waals surface area contributed by atoms with Crippen LogP contribution in [0, 0.1) is 11.3 Å². The molecule has 0 fully saturated rings. The summed E-state index contributed by atoms with van der Waals surface area (Å²) in [5.74, 6) is 1.36. The maximum Gasteiger partial charge on any atom is 0.262 e. The number of fused-ring (bicyclic) bond motifs is 2. The fraction of sp³-hybridized carbons (Fsp3) is 0.130. The zero-order valence-corrected chi connectivity index (χ0v) is 17.9. The molecule has 0 saturated heterocycles. The number of nitrogens with one attached hydrogen (secondary N) is 1. The number of hydrogen-bond acceptors (Lipinski definition) is 8. The zero-order chi connectivity index (χ0) is 22.8. The molecule has 0 radical (unpaired) electrons. The first-order chi connectivity index (χ1) is 16.1. The van der Waals surface area contributed by atoms with Gasteiger partial charge in [-0.25, -0.2) is 4.98 Å². The van der Waals surface area contributed by atoms with Gasteiger partial charge in [0.2, 0.25) is 12.7 Å². The Labute approximate surface area is 191 Å². The van der Waals surface area contributed by atoms with Crippen molar-refractivity contribution in [2.24, 2.45) is 0 Å². The van der Waals surface area contributed by atoms with Crippen LogP contribution in [0.1, 0.15) is 11.3 Å². The smallest absolute Gasteiger partial charge is 0.262 e. The topological polar surface area (TPSA) is 119 Å². The van der Waals surface area contributed by atoms with Crippen LogP contribution in [0.5, 0.6) is 11.5 Å². The average molecular weight is 460 g/mol. The van der Waals surface area contributed by atoms with E-state index in [1.807, 2.05) is 6.07 Å². The molecule has 33 heavy (non-hydrogen) atoms. The lowest BCUT2D eigenvalue weighted by Gasteiger charge is -2.12. The van der Waals surface area contributed by atoms with E-state index in [4.69, 9.17) is 19.2 Å². The third-order valence-electron chi connectivity index (χ3n) is 4.94. The Morgan fingerprint density at radius 2 is 1.97 bits per heavy atom. The van der Waals surface area contributed by atoms with Gasteiger partial charge in [0.1, 0.15) is 5.76 Å². The molecule has 1 amide bonds. The summed E-state index contributed by atoms with van der Waals surface area (Å²) in [6, 6.07) is 15.4. The Morgan fingerprint density at radius 3 is 2.70 bits per heavy atom. The Bertz CT molecular complexity index is 1440. The van der Waals surface area contributed by atoms with Crippen molar-refractivity contribution in [2.75, 3.05) is 17.9 Å². The highest BCUT2D eigenvalue weighted by Crippen LogP contribution is 2.35. The van der Waals surface area contributed by atoms with Gasteiger partial charge < -0.3 is 19.2 Å². The maximum absolute atomic E-state index is 13.3. The lowest BCUT2D eigenvalue weighted by atomic mass is 10.2. The summed E-state index contributed by atoms with van der Waals surface area (Å²) in [5.41, 5.74) is 1.26. The molecule has 0 bridgehead atoms. The van der Waals surface area contributed by atoms with Crippen LogP contribution in [0.2, 0.25) is 0 Å². The summed E-state index contributed by atoms with van der Waals surface area (Å²) in [6.07, 6.45) is 1.53. The Morgan fingerprint density at radius 1 is 1.18 bits per heavy atom. The molecule has 10 heteroatoms. The molecule has 9 nitrogen and oxygen atoms in total. The summed E-state index contributed by atoms with van der Waals surface area (Å²) < 4.78 is 17.7. The van der Waals surface area contributed by atoms with E-state index in [1.165, 1.54) is 10.8 Å². The predicted molar refractivity (Wildman–Crippen MR) is 120 cm³/mol. The van der Waals surface area contributed by atoms with Crippen LogP contribution < -0.4 is 20.3 Å². The van der Waals surface area contributed by atoms with Crippen LogP contribution in [-0.2, 0) is 11.3 Å². The number of ether oxygens (including phenoxy) is 2. The molecular weight excluding hydrogens is 444 g/mol. The second kappa shape index (κ2) is 8.72. The average Bonchev–Trinajstić information content (AvgIpc) is 3.51. The number of carbonyl (C=O) groups is 1. The van der Waals surface area contributed by atoms with E-state index in [0.29, 0.717) is 44.6 Å². The number of aromatic nitrogens is 2. The number of benzene rings is 2. The summed E-state index contributed by atoms with van der Waals surface area (Å²) >= 11 is 1.14. The number of nitriles is 1. The first kappa shape index (κ1) is 20.7. The van der Waals surface area contributed by atoms with Crippen molar-refractivity contribution >= 4 is 34.3 Å². The quantitative estimate of drug-likeness (QED) is 0.344. The van der Waals surface area contributed by atoms with Gasteiger partial charge in [-0.1, -0.05) is 11.8 Å². The second-order valence-electron chi connectivity index (χ2n) is 7.11. The molecule has 2 aromatic carbocycles. The van der Waals surface area contributed by atoms with Crippen molar-refractivity contribution in [3.05, 3.63) is 76.5 Å². The monoisotopic (exact) mass is 460 g/mol. The van der Waals surface area contributed by atoms with E-state index in [9.17, 15) is 9.59 Å². The Kier molecular flexibility index (Phi) is 5.46. The van der Waals surface area contributed by atoms with Crippen molar-refractivity contribution in [1.82, 2.24) is 9.55 Å². The van der Waals surface area contributed by atoms with Crippen LogP contribution in [-0.4, -0.2) is 28.0 Å². The van der Waals surface area contributed by atoms with Gasteiger partial charge in [-0.3, -0.25) is 14.2 Å². The third kappa shape index (κ3) is 4.26. The molecule has 164 valence electrons. The SMILES string of the molecule is N#Cc1ccc(NC(=O)CSc2nc3cc4c(cc3c(=O)n2Cc2ccco2)OCO4)cc1. The zero-order valence-electron chi connectivity index (χ0n) is 17.1. The fourth-order valence-electron chi connectivity index (χ4n) is 3.35. The highest BCUT2D eigenvalue weighted by molar-refractivity contribution is 7.99. The van der Waals surface area contributed by atoms with Gasteiger partial charge >= 0.3 is 0 Å². The largest absolute Gasteiger partial charge is 0.467 e. The van der Waals surface area contributed by atoms with Crippen LogP contribution in [0.15, 0.2) is 69.2 Å². The molecule has 2 aromatic heterocycles. The minimum absolute atomic E-state index is 0.0284. The minimum atomic E-state index is -0.273. The third-order valence-corrected chi connectivity index (χ3v) is 5.91. The van der Waals surface area contributed by atoms with Crippen LogP contribution in [0.3, 0.4) is 0 Å². The van der Waals surface area contributed by atoms with E-state index in [2.05, 4.69) is 10.3 Å². The molecule has 1 aliphatic rings. The summed E-state index contributed by atoms with van der Waals surface area (Å²) in [6.45, 7) is 0.256. The Hall–Kier alpha value is -4.23. The first-order valence-corrected chi connectivity index (χ1v) is 10.9. The molecule has 4 aromatic rings. The van der Waals surface area contributed by atoms with Gasteiger partial charge in [-0.05, 0) is 42.5 Å². The molecule has 3 heterocycles. The number of carbonyl (C=O) groups excluding carboxylic acids is 1. The molecule has 0 saturated carbocycles. The normalized spacial score (nSPS) is 12.0. The van der Waals surface area contributed by atoms with E-state index in [1.54, 1.807) is 48.5 Å². The van der Waals surface area contributed by atoms with E-state index < -0.39 is 0 Å². The van der Waals surface area contributed by atoms with Crippen LogP contribution in [0.4, 0.5) is 5.69 Å². The number of rotatable bonds is 6. The predicted octanol–water partition coefficient (Wildman–Crippen LogP) is 3.37. The summed E-state index contributed by atoms with van der Waals surface area (Å²) in [4.78, 5) is 30.4. The maximum atomic E-state index is 13.3. The van der Waals surface area contributed by atoms with Gasteiger partial charge in [-0.15, -0.1) is 0 Å². The number of thioether (sulfide) groups is 1. The van der Waals surface area contributed by atoms with Crippen molar-refractivity contribution in [1.29, 1.82) is 5.26 Å². The molecule has 0 spiro atoms. The first-order valence-electron chi connectivity index (χ1n) is 9.90. The molecule has 0 atom stereocenters. The van der Waals surface area contributed by atoms with Gasteiger partial charge in [-0.2, -0.15) is 5.26 Å². The summed E-state index contributed by atoms with van der Waals surface area (Å²) in [7, 11) is 0. The summed E-state index contributed by atoms with van der Waals surface area (Å²) in [5, 5.41) is 12.4. The molecule has 0 unspecified atom stereocenters. The highest BCUT2D eigenvalue weighted by atomic mass is 32.2. The standard InChI is InChI=1S/C23H16N4O5S/c24-10-14-3-5-15(6-4-14)25-21(28)12-33-23-26-18-9-20-19(31-13-32-20)8-17(18)22(29)27(23)11-16-2-1-7-30-16/h1-9H,11-13H2,(H,25,28). The van der Waals surface area contributed by atoms with Crippen LogP contribution in [0.25, 0.3) is 10.9 Å². The van der Waals surface area contributed by atoms with Crippen LogP contribution >= 0.6 is 11.8 Å². The number of furan rings is 1. The van der Waals surface area contributed by atoms with Crippen molar-refractivity contribution in [2.45, 2.75) is 11.7 Å². The second-order valence-corrected chi connectivity index (χ2v) is 8.06. The molecule has 1 N–H and O–H groups in total. The fourth-order valence-corrected chi connectivity index (χ4v) is 4.15. The number of anilines is 1. The van der Waals surface area contributed by atoms with Crippen molar-refractivity contribution in [3.8, 4) is 17.6 Å². The Balaban J connectivity index is 1.43. The minimum Gasteiger partial charge on any atom is -0.467 e.